The average molecular weight is 2310 g/mol. The van der Waals surface area contributed by atoms with Crippen molar-refractivity contribution in [2.45, 2.75) is 10.8 Å². The van der Waals surface area contributed by atoms with Gasteiger partial charge in [-0.3, -0.25) is 0 Å². The second kappa shape index (κ2) is 37.2. The van der Waals surface area contributed by atoms with Crippen molar-refractivity contribution < 1.29 is 111 Å². The van der Waals surface area contributed by atoms with Crippen LogP contribution in [-0.4, -0.2) is 0 Å². The number of fused-ring (bicyclic) bond motifs is 20. The SMILES string of the molecule is Brc1ccc2c(c1)C1(c3cc(Br)ccc3-2)c2cc(Br)ccc2-c2ccc(Br)cc21.O=P(c1cc(F)cc(F)c1)(c1cc(F)cc(F)c1)c1ccc2c(c1)C1(c3cc(P(=O)(c4cc(F)cc(F)c4)c4cc(F)cc(F)c4)ccc3-2)c2cc(P(=O)(c3cc(F)cc(F)c3)c3cc(F)cc(F)c3)ccc2-c2ccc(P(=O)(c3cc(F)cc(F)c3)c3cc(F)cc(F)c3)cc21.O=[P+](c1cc(F)cc(F)c1)c1cc(F)cc(F)c1. The molecule has 144 heavy (non-hydrogen) atoms. The zero-order valence-electron chi connectivity index (χ0n) is 72.5. The first kappa shape index (κ1) is 98.9. The fraction of sp³-hybridized carbons (Fsp3) is 0.0182. The summed E-state index contributed by atoms with van der Waals surface area (Å²) in [6.07, 6.45) is 0. The topological polar surface area (TPSA) is 85.3 Å². The van der Waals surface area contributed by atoms with Crippen LogP contribution in [0, 0.1) is 116 Å². The van der Waals surface area contributed by atoms with Gasteiger partial charge in [0.2, 0.25) is 10.6 Å². The molecular weight excluding hydrogens is 2260 g/mol. The summed E-state index contributed by atoms with van der Waals surface area (Å²) in [5, 5.41) is -7.99. The first-order valence-electron chi connectivity index (χ1n) is 42.8. The van der Waals surface area contributed by atoms with Crippen molar-refractivity contribution in [3.63, 3.8) is 0 Å². The maximum absolute atomic E-state index is 16.7. The summed E-state index contributed by atoms with van der Waals surface area (Å²) >= 11 is 14.9. The van der Waals surface area contributed by atoms with E-state index in [1.165, 1.54) is 68.8 Å². The predicted molar refractivity (Wildman–Crippen MR) is 533 cm³/mol. The van der Waals surface area contributed by atoms with Crippen LogP contribution in [0.3, 0.4) is 0 Å². The third kappa shape index (κ3) is 16.9. The van der Waals surface area contributed by atoms with Gasteiger partial charge < -0.3 is 18.3 Å². The average Bonchev–Trinajstić information content (AvgIpc) is 1.63. The number of rotatable bonds is 14. The van der Waals surface area contributed by atoms with Gasteiger partial charge in [0, 0.05) is 166 Å². The molecule has 4 aliphatic carbocycles. The van der Waals surface area contributed by atoms with Gasteiger partial charge in [0.1, 0.15) is 116 Å². The van der Waals surface area contributed by atoms with Crippen LogP contribution in [0.15, 0.2) is 345 Å². The Kier molecular flexibility index (Phi) is 25.6. The lowest BCUT2D eigenvalue weighted by atomic mass is 9.70. The molecule has 0 atom stereocenters. The highest BCUT2D eigenvalue weighted by Crippen LogP contribution is 2.67. The lowest BCUT2D eigenvalue weighted by Gasteiger charge is -2.33. The molecule has 2 spiro atoms. The first-order valence-corrected chi connectivity index (χ1v) is 54.1. The Morgan fingerprint density at radius 3 is 0.431 bits per heavy atom. The van der Waals surface area contributed by atoms with Gasteiger partial charge in [-0.05, 0) is 259 Å². The summed E-state index contributed by atoms with van der Waals surface area (Å²) in [7, 11) is -23.1. The Hall–Kier alpha value is -12.5. The Balaban J connectivity index is 0.000000216. The van der Waals surface area contributed by atoms with E-state index in [1.54, 1.807) is 0 Å². The van der Waals surface area contributed by atoms with Crippen LogP contribution in [0.1, 0.15) is 44.5 Å². The van der Waals surface area contributed by atoms with Crippen LogP contribution in [0.5, 0.6) is 0 Å². The minimum absolute atomic E-state index is 0.00379. The summed E-state index contributed by atoms with van der Waals surface area (Å²) in [6.45, 7) is 0. The van der Waals surface area contributed by atoms with E-state index in [9.17, 15) is 22.1 Å². The third-order valence-electron chi connectivity index (χ3n) is 25.6. The minimum Gasteiger partial charge on any atom is -0.309 e. The molecule has 0 saturated carbocycles. The van der Waals surface area contributed by atoms with Gasteiger partial charge in [-0.1, -0.05) is 141 Å². The summed E-state index contributed by atoms with van der Waals surface area (Å²) in [4.78, 5) is 0. The lowest BCUT2D eigenvalue weighted by Crippen LogP contribution is -2.33. The molecule has 0 fully saturated rings. The number of halogens is 24. The number of benzene rings is 18. The second-order valence-electron chi connectivity index (χ2n) is 34.2. The molecule has 5 nitrogen and oxygen atoms in total. The molecule has 18 aromatic rings. The van der Waals surface area contributed by atoms with Crippen LogP contribution in [-0.2, 0) is 33.7 Å². The van der Waals surface area contributed by atoms with E-state index in [4.69, 9.17) is 0 Å². The molecule has 22 rings (SSSR count). The van der Waals surface area contributed by atoms with E-state index < -0.39 is 222 Å². The summed E-state index contributed by atoms with van der Waals surface area (Å²) in [5.41, 5.74) is 6.81. The standard InChI is InChI=1S/C73H36F16O4P4.C25H12Br4.C12H6F4OP/c74-37-9-38(75)18-57(17-37)94(90,58-19-39(76)10-40(77)20-58)53-1-5-65-66-6-2-54(95(91,59-21-41(78)11-42(79)22-59)60-23-43(80)12-44(81)24-60)34-70(66)73(69(65)33-53)71-35-55(96(92,61-25-45(82)13-46(83)26-61)62-27-47(84)14-48(85)28-62)3-7-67(71)68-8-4-56(36-72(68)73)97(93,63-29-49(86)15-50(87)30-63)64-31-51(88)16-52(89)32-64;26-13-1-5-17-18-6-2-14(27)10-22(18)25(21(17)9-13)23-11-15(28)3-7-19(23)20-8-4-16(29)12-24(20)25;13-7-1-8(14)4-11(3-7)18(17)12-5-9(15)2-10(16)6-12/h1-36H;1-12H;1-6H/q;;+1. The molecule has 0 amide bonds. The number of hydrogen-bond acceptors (Lipinski definition) is 5. The van der Waals surface area contributed by atoms with E-state index in [0.717, 1.165) is 90.7 Å². The summed E-state index contributed by atoms with van der Waals surface area (Å²) < 4.78 is 386. The van der Waals surface area contributed by atoms with Crippen LogP contribution < -0.4 is 74.3 Å². The largest absolute Gasteiger partial charge is 0.415 e. The fourth-order valence-electron chi connectivity index (χ4n) is 20.1. The van der Waals surface area contributed by atoms with Crippen molar-refractivity contribution in [3.8, 4) is 44.5 Å². The van der Waals surface area contributed by atoms with E-state index in [1.807, 2.05) is 0 Å². The molecular formula is C110H54Br4F20O5P5+. The normalized spacial score (nSPS) is 13.1. The van der Waals surface area contributed by atoms with Gasteiger partial charge in [-0.25, -0.2) is 87.8 Å². The van der Waals surface area contributed by atoms with Gasteiger partial charge in [0.05, 0.1) is 10.8 Å². The molecule has 0 heterocycles. The Bertz CT molecular complexity index is 7480. The maximum Gasteiger partial charge on any atom is 0.415 e. The van der Waals surface area contributed by atoms with Crippen molar-refractivity contribution in [2.24, 2.45) is 0 Å². The van der Waals surface area contributed by atoms with Crippen molar-refractivity contribution in [3.05, 3.63) is 506 Å². The van der Waals surface area contributed by atoms with Gasteiger partial charge in [0.15, 0.2) is 28.6 Å². The van der Waals surface area contributed by atoms with Crippen molar-refractivity contribution in [1.29, 1.82) is 0 Å². The molecule has 4 aliphatic rings. The highest BCUT2D eigenvalue weighted by atomic mass is 79.9. The smallest absolute Gasteiger partial charge is 0.309 e. The van der Waals surface area contributed by atoms with Crippen molar-refractivity contribution in [2.75, 3.05) is 0 Å². The van der Waals surface area contributed by atoms with Crippen LogP contribution in [0.2, 0.25) is 0 Å². The lowest BCUT2D eigenvalue weighted by molar-refractivity contribution is 0.577. The molecule has 0 N–H and O–H groups in total. The highest BCUT2D eigenvalue weighted by Gasteiger charge is 2.57. The van der Waals surface area contributed by atoms with E-state index in [-0.39, 0.29) is 60.5 Å². The summed E-state index contributed by atoms with van der Waals surface area (Å²) in [6, 6.07) is 59.0. The zero-order chi connectivity index (χ0) is 102. The monoisotopic (exact) mass is 2300 g/mol. The molecule has 18 aromatic carbocycles. The van der Waals surface area contributed by atoms with E-state index in [2.05, 4.69) is 137 Å². The highest BCUT2D eigenvalue weighted by molar-refractivity contribution is 9.11. The van der Waals surface area contributed by atoms with Crippen LogP contribution in [0.4, 0.5) is 87.8 Å². The van der Waals surface area contributed by atoms with Gasteiger partial charge >= 0.3 is 7.80 Å². The van der Waals surface area contributed by atoms with Gasteiger partial charge in [0.25, 0.3) is 0 Å². The Labute approximate surface area is 840 Å². The third-order valence-corrected chi connectivity index (χ3v) is 41.0. The quantitative estimate of drug-likeness (QED) is 0.0800. The molecule has 716 valence electrons. The van der Waals surface area contributed by atoms with E-state index in [0.29, 0.717) is 158 Å². The molecule has 0 radical (unpaired) electrons. The fourth-order valence-corrected chi connectivity index (χ4v) is 33.6. The molecule has 0 aromatic heterocycles. The molecule has 34 heteroatoms. The minimum atomic E-state index is -5.16. The van der Waals surface area contributed by atoms with Crippen LogP contribution >= 0.6 is 100 Å². The maximum atomic E-state index is 16.7. The molecule has 0 unspecified atom stereocenters. The predicted octanol–water partition coefficient (Wildman–Crippen LogP) is 26.9. The van der Waals surface area contributed by atoms with Gasteiger partial charge in [-0.15, -0.1) is 0 Å². The first-order chi connectivity index (χ1) is 68.4. The summed E-state index contributed by atoms with van der Waals surface area (Å²) in [5.74, 6) is -24.8. The van der Waals surface area contributed by atoms with Crippen molar-refractivity contribution >= 4 is 174 Å². The Morgan fingerprint density at radius 1 is 0.160 bits per heavy atom. The molecule has 0 saturated heterocycles. The van der Waals surface area contributed by atoms with Crippen LogP contribution in [0.25, 0.3) is 44.5 Å². The van der Waals surface area contributed by atoms with E-state index >= 15 is 88.5 Å². The molecule has 0 aliphatic heterocycles. The van der Waals surface area contributed by atoms with Crippen molar-refractivity contribution in [1.82, 2.24) is 0 Å². The number of hydrogen-bond donors (Lipinski definition) is 0. The molecule has 0 bridgehead atoms. The zero-order valence-corrected chi connectivity index (χ0v) is 83.3. The second-order valence-corrected chi connectivity index (χ2v) is 50.5. The van der Waals surface area contributed by atoms with Gasteiger partial charge in [-0.2, -0.15) is 0 Å². The Morgan fingerprint density at radius 2 is 0.285 bits per heavy atom.